The van der Waals surface area contributed by atoms with E-state index >= 15 is 0 Å². The summed E-state index contributed by atoms with van der Waals surface area (Å²) in [6, 6.07) is 10.7. The van der Waals surface area contributed by atoms with Crippen molar-refractivity contribution < 1.29 is 4.74 Å². The molecule has 0 aliphatic heterocycles. The van der Waals surface area contributed by atoms with Crippen LogP contribution in [0.25, 0.3) is 0 Å². The van der Waals surface area contributed by atoms with E-state index in [2.05, 4.69) is 72.3 Å². The van der Waals surface area contributed by atoms with Crippen molar-refractivity contribution in [2.75, 3.05) is 7.05 Å². The lowest BCUT2D eigenvalue weighted by atomic mass is 10.1. The van der Waals surface area contributed by atoms with Crippen molar-refractivity contribution in [1.29, 1.82) is 0 Å². The van der Waals surface area contributed by atoms with Crippen LogP contribution in [0.3, 0.4) is 0 Å². The van der Waals surface area contributed by atoms with E-state index in [1.54, 1.807) is 0 Å². The van der Waals surface area contributed by atoms with Gasteiger partial charge in [0.05, 0.1) is 0 Å². The zero-order valence-corrected chi connectivity index (χ0v) is 14.7. The highest BCUT2D eigenvalue weighted by molar-refractivity contribution is 9.10. The Morgan fingerprint density at radius 3 is 2.52 bits per heavy atom. The molecule has 0 radical (unpaired) electrons. The molecule has 0 fully saturated rings. The molecular weight excluding hydrogens is 326 g/mol. The summed E-state index contributed by atoms with van der Waals surface area (Å²) in [7, 11) is 1.95. The van der Waals surface area contributed by atoms with Crippen LogP contribution in [0.1, 0.15) is 27.8 Å². The van der Waals surface area contributed by atoms with Crippen LogP contribution >= 0.6 is 15.9 Å². The monoisotopic (exact) mass is 347 g/mol. The first kappa shape index (κ1) is 16.1. The minimum Gasteiger partial charge on any atom is -0.489 e. The maximum absolute atomic E-state index is 6.02. The van der Waals surface area contributed by atoms with Gasteiger partial charge in [-0.3, -0.25) is 0 Å². The van der Waals surface area contributed by atoms with Crippen LogP contribution in [0, 0.1) is 20.8 Å². The fourth-order valence-corrected chi connectivity index (χ4v) is 2.87. The third-order valence-electron chi connectivity index (χ3n) is 3.65. The molecule has 2 nitrogen and oxygen atoms in total. The Labute approximate surface area is 135 Å². The molecule has 0 saturated heterocycles. The van der Waals surface area contributed by atoms with Crippen molar-refractivity contribution in [1.82, 2.24) is 5.32 Å². The van der Waals surface area contributed by atoms with Crippen LogP contribution in [-0.4, -0.2) is 7.05 Å². The van der Waals surface area contributed by atoms with E-state index in [-0.39, 0.29) is 0 Å². The number of ether oxygens (including phenoxy) is 1. The van der Waals surface area contributed by atoms with Crippen LogP contribution < -0.4 is 10.1 Å². The minimum atomic E-state index is 0.574. The minimum absolute atomic E-state index is 0.574. The first-order chi connectivity index (χ1) is 10.0. The lowest BCUT2D eigenvalue weighted by Crippen LogP contribution is -2.05. The van der Waals surface area contributed by atoms with Crippen molar-refractivity contribution in [3.05, 3.63) is 62.6 Å². The van der Waals surface area contributed by atoms with Crippen LogP contribution in [-0.2, 0) is 13.2 Å². The average molecular weight is 348 g/mol. The third-order valence-corrected chi connectivity index (χ3v) is 4.38. The number of rotatable bonds is 5. The van der Waals surface area contributed by atoms with E-state index in [4.69, 9.17) is 4.74 Å². The number of halogens is 1. The molecule has 0 heterocycles. The van der Waals surface area contributed by atoms with Gasteiger partial charge in [0.25, 0.3) is 0 Å². The fourth-order valence-electron chi connectivity index (χ4n) is 2.33. The Morgan fingerprint density at radius 2 is 1.86 bits per heavy atom. The maximum atomic E-state index is 6.02. The third kappa shape index (κ3) is 4.08. The topological polar surface area (TPSA) is 21.3 Å². The van der Waals surface area contributed by atoms with Crippen LogP contribution in [0.4, 0.5) is 0 Å². The molecule has 0 bridgehead atoms. The summed E-state index contributed by atoms with van der Waals surface area (Å²) < 4.78 is 7.11. The highest BCUT2D eigenvalue weighted by Gasteiger charge is 2.07. The molecule has 2 rings (SSSR count). The smallest absolute Gasteiger partial charge is 0.123 e. The summed E-state index contributed by atoms with van der Waals surface area (Å²) >= 11 is 3.63. The van der Waals surface area contributed by atoms with Crippen molar-refractivity contribution in [3.63, 3.8) is 0 Å². The number of benzene rings is 2. The quantitative estimate of drug-likeness (QED) is 0.848. The predicted octanol–water partition coefficient (Wildman–Crippen LogP) is 4.67. The van der Waals surface area contributed by atoms with Crippen LogP contribution in [0.5, 0.6) is 5.75 Å². The van der Waals surface area contributed by atoms with Gasteiger partial charge in [0, 0.05) is 16.6 Å². The summed E-state index contributed by atoms with van der Waals surface area (Å²) in [5.41, 5.74) is 6.14. The van der Waals surface area contributed by atoms with Gasteiger partial charge in [0.15, 0.2) is 0 Å². The zero-order valence-electron chi connectivity index (χ0n) is 13.1. The molecule has 0 aliphatic rings. The number of nitrogens with one attached hydrogen (secondary N) is 1. The second kappa shape index (κ2) is 7.10. The van der Waals surface area contributed by atoms with Gasteiger partial charge in [-0.2, -0.15) is 0 Å². The van der Waals surface area contributed by atoms with Crippen molar-refractivity contribution in [3.8, 4) is 5.75 Å². The van der Waals surface area contributed by atoms with E-state index < -0.39 is 0 Å². The molecule has 112 valence electrons. The molecule has 0 aliphatic carbocycles. The zero-order chi connectivity index (χ0) is 15.4. The van der Waals surface area contributed by atoms with Gasteiger partial charge in [-0.05, 0) is 62.2 Å². The van der Waals surface area contributed by atoms with Gasteiger partial charge in [-0.25, -0.2) is 0 Å². The molecule has 2 aromatic carbocycles. The molecule has 0 unspecified atom stereocenters. The van der Waals surface area contributed by atoms with E-state index in [1.807, 2.05) is 7.05 Å². The predicted molar refractivity (Wildman–Crippen MR) is 91.9 cm³/mol. The second-order valence-corrected chi connectivity index (χ2v) is 6.30. The molecule has 1 N–H and O–H groups in total. The van der Waals surface area contributed by atoms with Crippen molar-refractivity contribution in [2.24, 2.45) is 0 Å². The SMILES string of the molecule is CNCc1ccc(COc2cc(C)cc(C)c2C)c(Br)c1. The molecule has 21 heavy (non-hydrogen) atoms. The average Bonchev–Trinajstić information content (AvgIpc) is 2.43. The maximum Gasteiger partial charge on any atom is 0.123 e. The Morgan fingerprint density at radius 1 is 1.10 bits per heavy atom. The van der Waals surface area contributed by atoms with Gasteiger partial charge >= 0.3 is 0 Å². The van der Waals surface area contributed by atoms with Gasteiger partial charge in [0.1, 0.15) is 12.4 Å². The first-order valence-corrected chi connectivity index (χ1v) is 7.93. The molecule has 0 spiro atoms. The molecule has 3 heteroatoms. The van der Waals surface area contributed by atoms with Crippen molar-refractivity contribution >= 4 is 15.9 Å². The molecular formula is C18H22BrNO. The van der Waals surface area contributed by atoms with Gasteiger partial charge < -0.3 is 10.1 Å². The van der Waals surface area contributed by atoms with Gasteiger partial charge in [0.2, 0.25) is 0 Å². The molecule has 0 atom stereocenters. The molecule has 0 aromatic heterocycles. The highest BCUT2D eigenvalue weighted by atomic mass is 79.9. The van der Waals surface area contributed by atoms with E-state index in [0.29, 0.717) is 6.61 Å². The lowest BCUT2D eigenvalue weighted by Gasteiger charge is -2.14. The van der Waals surface area contributed by atoms with Crippen LogP contribution in [0.15, 0.2) is 34.8 Å². The van der Waals surface area contributed by atoms with Crippen molar-refractivity contribution in [2.45, 2.75) is 33.9 Å². The van der Waals surface area contributed by atoms with Gasteiger partial charge in [-0.15, -0.1) is 0 Å². The normalized spacial score (nSPS) is 10.7. The van der Waals surface area contributed by atoms with Crippen LogP contribution in [0.2, 0.25) is 0 Å². The summed E-state index contributed by atoms with van der Waals surface area (Å²) in [5, 5.41) is 3.16. The number of hydrogen-bond donors (Lipinski definition) is 1. The largest absolute Gasteiger partial charge is 0.489 e. The first-order valence-electron chi connectivity index (χ1n) is 7.14. The van der Waals surface area contributed by atoms with Gasteiger partial charge in [-0.1, -0.05) is 34.1 Å². The summed E-state index contributed by atoms with van der Waals surface area (Å²) in [5.74, 6) is 0.971. The summed E-state index contributed by atoms with van der Waals surface area (Å²) in [4.78, 5) is 0. The molecule has 0 saturated carbocycles. The lowest BCUT2D eigenvalue weighted by molar-refractivity contribution is 0.303. The van der Waals surface area contributed by atoms with E-state index in [0.717, 1.165) is 22.3 Å². The summed E-state index contributed by atoms with van der Waals surface area (Å²) in [6.07, 6.45) is 0. The highest BCUT2D eigenvalue weighted by Crippen LogP contribution is 2.26. The Kier molecular flexibility index (Phi) is 5.43. The summed E-state index contributed by atoms with van der Waals surface area (Å²) in [6.45, 7) is 7.77. The fraction of sp³-hybridized carbons (Fsp3) is 0.333. The molecule has 2 aromatic rings. The Bertz CT molecular complexity index is 637. The number of aryl methyl sites for hydroxylation is 2. The van der Waals surface area contributed by atoms with E-state index in [9.17, 15) is 0 Å². The Hall–Kier alpha value is -1.32. The standard InChI is InChI=1S/C18H22BrNO/c1-12-7-13(2)14(3)18(8-12)21-11-16-6-5-15(10-20-4)9-17(16)19/h5-9,20H,10-11H2,1-4H3. The molecule has 0 amide bonds. The Balaban J connectivity index is 2.13. The van der Waals surface area contributed by atoms with E-state index in [1.165, 1.54) is 22.3 Å². The second-order valence-electron chi connectivity index (χ2n) is 5.45. The number of hydrogen-bond acceptors (Lipinski definition) is 2.